The Bertz CT molecular complexity index is 688. The second kappa shape index (κ2) is 9.61. The number of aliphatic hydroxyl groups excluding tert-OH is 1. The van der Waals surface area contributed by atoms with Crippen LogP contribution in [-0.2, 0) is 6.54 Å². The molecule has 0 aromatic carbocycles. The number of urea groups is 1. The zero-order valence-corrected chi connectivity index (χ0v) is 15.5. The van der Waals surface area contributed by atoms with Crippen LogP contribution in [0.2, 0.25) is 0 Å². The van der Waals surface area contributed by atoms with Gasteiger partial charge in [-0.2, -0.15) is 0 Å². The smallest absolute Gasteiger partial charge is 0.315 e. The van der Waals surface area contributed by atoms with E-state index in [9.17, 15) is 9.90 Å². The summed E-state index contributed by atoms with van der Waals surface area (Å²) in [5.41, 5.74) is 1.89. The molecular weight excluding hydrogens is 350 g/mol. The van der Waals surface area contributed by atoms with Gasteiger partial charge in [0.15, 0.2) is 0 Å². The largest absolute Gasteiger partial charge is 0.390 e. The van der Waals surface area contributed by atoms with E-state index in [0.29, 0.717) is 13.1 Å². The summed E-state index contributed by atoms with van der Waals surface area (Å²) in [6.45, 7) is 3.30. The number of β-amino-alcohol motifs (C(OH)–C–C–N with tert-alkyl or cyclic N) is 1. The maximum atomic E-state index is 11.9. The predicted molar refractivity (Wildman–Crippen MR) is 102 cm³/mol. The van der Waals surface area contributed by atoms with E-state index in [-0.39, 0.29) is 12.6 Å². The molecule has 3 heterocycles. The van der Waals surface area contributed by atoms with E-state index in [2.05, 4.69) is 25.5 Å². The Hall–Kier alpha value is -2.03. The maximum absolute atomic E-state index is 11.9. The van der Waals surface area contributed by atoms with E-state index in [1.165, 1.54) is 30.6 Å². The Labute approximate surface area is 157 Å². The summed E-state index contributed by atoms with van der Waals surface area (Å²) in [5.74, 6) is 0. The lowest BCUT2D eigenvalue weighted by molar-refractivity contribution is 0.101. The van der Waals surface area contributed by atoms with Gasteiger partial charge in [0.1, 0.15) is 5.01 Å². The fourth-order valence-corrected chi connectivity index (χ4v) is 3.72. The van der Waals surface area contributed by atoms with Gasteiger partial charge in [-0.15, -0.1) is 11.3 Å². The van der Waals surface area contributed by atoms with E-state index < -0.39 is 6.10 Å². The van der Waals surface area contributed by atoms with E-state index in [0.717, 1.165) is 29.4 Å². The first-order valence-electron chi connectivity index (χ1n) is 8.97. The Balaban J connectivity index is 1.37. The lowest BCUT2D eigenvalue weighted by Crippen LogP contribution is -2.44. The maximum Gasteiger partial charge on any atom is 0.315 e. The molecule has 1 aliphatic heterocycles. The molecular formula is C18H25N5O2S. The number of aromatic nitrogens is 2. The highest BCUT2D eigenvalue weighted by Gasteiger charge is 2.15. The third-order valence-corrected chi connectivity index (χ3v) is 5.19. The van der Waals surface area contributed by atoms with Crippen LogP contribution < -0.4 is 10.6 Å². The van der Waals surface area contributed by atoms with Crippen LogP contribution in [0.5, 0.6) is 0 Å². The Morgan fingerprint density at radius 2 is 2.00 bits per heavy atom. The molecule has 1 saturated heterocycles. The molecule has 3 rings (SSSR count). The molecule has 0 spiro atoms. The van der Waals surface area contributed by atoms with Crippen molar-refractivity contribution in [2.75, 3.05) is 26.2 Å². The lowest BCUT2D eigenvalue weighted by Gasteiger charge is -2.28. The molecule has 8 heteroatoms. The number of thiazole rings is 1. The number of rotatable bonds is 7. The van der Waals surface area contributed by atoms with Gasteiger partial charge in [0, 0.05) is 36.4 Å². The Morgan fingerprint density at radius 3 is 2.77 bits per heavy atom. The molecule has 1 fully saturated rings. The van der Waals surface area contributed by atoms with Crippen molar-refractivity contribution in [1.29, 1.82) is 0 Å². The summed E-state index contributed by atoms with van der Waals surface area (Å²) < 4.78 is 0. The molecule has 0 aliphatic carbocycles. The number of hydrogen-bond acceptors (Lipinski definition) is 6. The number of amides is 2. The number of hydrogen-bond donors (Lipinski definition) is 3. The monoisotopic (exact) mass is 375 g/mol. The number of aliphatic hydroxyl groups is 1. The Kier molecular flexibility index (Phi) is 6.93. The van der Waals surface area contributed by atoms with Crippen molar-refractivity contribution in [3.8, 4) is 11.3 Å². The molecule has 0 bridgehead atoms. The minimum Gasteiger partial charge on any atom is -0.390 e. The second-order valence-electron chi connectivity index (χ2n) is 6.44. The number of carbonyl (C=O) groups excluding carboxylic acids is 1. The third kappa shape index (κ3) is 5.76. The molecule has 0 saturated carbocycles. The quantitative estimate of drug-likeness (QED) is 0.687. The van der Waals surface area contributed by atoms with Crippen LogP contribution in [0.3, 0.4) is 0 Å². The van der Waals surface area contributed by atoms with Crippen molar-refractivity contribution in [3.05, 3.63) is 34.9 Å². The van der Waals surface area contributed by atoms with Crippen LogP contribution >= 0.6 is 11.3 Å². The van der Waals surface area contributed by atoms with Crippen molar-refractivity contribution in [2.24, 2.45) is 0 Å². The van der Waals surface area contributed by atoms with Crippen LogP contribution in [0.25, 0.3) is 11.3 Å². The van der Waals surface area contributed by atoms with Crippen molar-refractivity contribution in [2.45, 2.75) is 31.9 Å². The number of likely N-dealkylation sites (tertiary alicyclic amines) is 1. The second-order valence-corrected chi connectivity index (χ2v) is 7.38. The lowest BCUT2D eigenvalue weighted by atomic mass is 10.1. The average Bonchev–Trinajstić information content (AvgIpc) is 3.15. The van der Waals surface area contributed by atoms with Gasteiger partial charge in [-0.05, 0) is 38.1 Å². The van der Waals surface area contributed by atoms with Gasteiger partial charge in [-0.1, -0.05) is 6.42 Å². The molecule has 26 heavy (non-hydrogen) atoms. The van der Waals surface area contributed by atoms with Crippen molar-refractivity contribution >= 4 is 17.4 Å². The van der Waals surface area contributed by atoms with Crippen LogP contribution in [0, 0.1) is 0 Å². The first-order valence-corrected chi connectivity index (χ1v) is 9.85. The zero-order chi connectivity index (χ0) is 18.2. The van der Waals surface area contributed by atoms with Crippen LogP contribution in [0.4, 0.5) is 4.79 Å². The molecule has 7 nitrogen and oxygen atoms in total. The minimum atomic E-state index is -0.544. The van der Waals surface area contributed by atoms with Gasteiger partial charge in [0.25, 0.3) is 0 Å². The Morgan fingerprint density at radius 1 is 1.23 bits per heavy atom. The van der Waals surface area contributed by atoms with Crippen molar-refractivity contribution in [1.82, 2.24) is 25.5 Å². The highest BCUT2D eigenvalue weighted by molar-refractivity contribution is 7.09. The van der Waals surface area contributed by atoms with Gasteiger partial charge in [-0.3, -0.25) is 4.98 Å². The summed E-state index contributed by atoms with van der Waals surface area (Å²) >= 11 is 1.50. The standard InChI is InChI=1S/C18H25N5O2S/c24-15(12-23-8-2-1-3-9-23)10-20-18(25)21-11-17-22-16(13-26-17)14-4-6-19-7-5-14/h4-7,13,15,24H,1-3,8-12H2,(H2,20,21,25). The molecule has 1 atom stereocenters. The van der Waals surface area contributed by atoms with E-state index >= 15 is 0 Å². The topological polar surface area (TPSA) is 90.4 Å². The summed E-state index contributed by atoms with van der Waals surface area (Å²) in [6.07, 6.45) is 6.57. The molecule has 1 unspecified atom stereocenters. The normalized spacial score (nSPS) is 16.2. The van der Waals surface area contributed by atoms with Crippen molar-refractivity contribution in [3.63, 3.8) is 0 Å². The first kappa shape index (κ1) is 18.8. The molecule has 0 radical (unpaired) electrons. The summed E-state index contributed by atoms with van der Waals surface area (Å²) in [5, 5.41) is 18.4. The zero-order valence-electron chi connectivity index (χ0n) is 14.7. The van der Waals surface area contributed by atoms with E-state index in [1.807, 2.05) is 17.5 Å². The van der Waals surface area contributed by atoms with Crippen LogP contribution in [0.15, 0.2) is 29.9 Å². The van der Waals surface area contributed by atoms with Gasteiger partial charge < -0.3 is 20.6 Å². The highest BCUT2D eigenvalue weighted by Crippen LogP contribution is 2.20. The molecule has 2 aromatic rings. The molecule has 1 aliphatic rings. The number of piperidine rings is 1. The SMILES string of the molecule is O=C(NCc1nc(-c2ccncc2)cs1)NCC(O)CN1CCCCC1. The molecule has 3 N–H and O–H groups in total. The summed E-state index contributed by atoms with van der Waals surface area (Å²) in [7, 11) is 0. The van der Waals surface area contributed by atoms with Crippen LogP contribution in [0.1, 0.15) is 24.3 Å². The van der Waals surface area contributed by atoms with Crippen LogP contribution in [-0.4, -0.2) is 58.3 Å². The molecule has 2 aromatic heterocycles. The minimum absolute atomic E-state index is 0.252. The fraction of sp³-hybridized carbons (Fsp3) is 0.500. The fourth-order valence-electron chi connectivity index (χ4n) is 2.98. The van der Waals surface area contributed by atoms with E-state index in [1.54, 1.807) is 12.4 Å². The summed E-state index contributed by atoms with van der Waals surface area (Å²) in [4.78, 5) is 22.7. The molecule has 2 amide bonds. The van der Waals surface area contributed by atoms with Gasteiger partial charge in [-0.25, -0.2) is 9.78 Å². The van der Waals surface area contributed by atoms with E-state index in [4.69, 9.17) is 0 Å². The van der Waals surface area contributed by atoms with Gasteiger partial charge in [0.2, 0.25) is 0 Å². The average molecular weight is 375 g/mol. The van der Waals surface area contributed by atoms with Crippen molar-refractivity contribution < 1.29 is 9.90 Å². The van der Waals surface area contributed by atoms with Gasteiger partial charge >= 0.3 is 6.03 Å². The third-order valence-electron chi connectivity index (χ3n) is 4.34. The number of pyridine rings is 1. The number of carbonyl (C=O) groups is 1. The molecule has 140 valence electrons. The van der Waals surface area contributed by atoms with Gasteiger partial charge in [0.05, 0.1) is 18.3 Å². The predicted octanol–water partition coefficient (Wildman–Crippen LogP) is 1.85. The highest BCUT2D eigenvalue weighted by atomic mass is 32.1. The summed E-state index contributed by atoms with van der Waals surface area (Å²) in [6, 6.07) is 3.52. The number of nitrogens with zero attached hydrogens (tertiary/aromatic N) is 3. The first-order chi connectivity index (χ1) is 12.7. The number of nitrogens with one attached hydrogen (secondary N) is 2.